The molecule has 3 nitrogen and oxygen atoms in total. The van der Waals surface area contributed by atoms with Gasteiger partial charge in [0.05, 0.1) is 11.7 Å². The second-order valence-corrected chi connectivity index (χ2v) is 3.09. The molecule has 0 bridgehead atoms. The fourth-order valence-corrected chi connectivity index (χ4v) is 1.60. The number of aliphatic imine (C=N–C) groups is 1. The van der Waals surface area contributed by atoms with Gasteiger partial charge in [-0.15, -0.1) is 11.6 Å². The number of rotatable bonds is 1. The minimum atomic E-state index is 0.442. The van der Waals surface area contributed by atoms with E-state index in [9.17, 15) is 0 Å². The number of hydrogen-bond donors (Lipinski definition) is 0. The highest BCUT2D eigenvalue weighted by Crippen LogP contribution is 2.22. The first-order valence-electron chi connectivity index (χ1n) is 3.52. The zero-order valence-electron chi connectivity index (χ0n) is 6.24. The van der Waals surface area contributed by atoms with Crippen molar-refractivity contribution in [1.29, 1.82) is 0 Å². The molecule has 0 saturated carbocycles. The van der Waals surface area contributed by atoms with E-state index in [0.717, 1.165) is 11.5 Å². The van der Waals surface area contributed by atoms with Crippen molar-refractivity contribution in [3.05, 3.63) is 24.0 Å². The molecule has 0 amide bonds. The van der Waals surface area contributed by atoms with E-state index >= 15 is 0 Å². The van der Waals surface area contributed by atoms with Crippen LogP contribution in [-0.2, 0) is 0 Å². The lowest BCUT2D eigenvalue weighted by atomic mass is 10.3. The van der Waals surface area contributed by atoms with Gasteiger partial charge in [-0.3, -0.25) is 0 Å². The van der Waals surface area contributed by atoms with Crippen molar-refractivity contribution in [1.82, 2.24) is 9.32 Å². The van der Waals surface area contributed by atoms with E-state index in [1.54, 1.807) is 6.20 Å². The van der Waals surface area contributed by atoms with Crippen molar-refractivity contribution in [2.24, 2.45) is 4.99 Å². The molecule has 0 aromatic rings. The summed E-state index contributed by atoms with van der Waals surface area (Å²) >= 11 is 11.5. The van der Waals surface area contributed by atoms with Crippen molar-refractivity contribution in [2.75, 3.05) is 12.7 Å². The lowest BCUT2D eigenvalue weighted by Gasteiger charge is -2.20. The van der Waals surface area contributed by atoms with Crippen LogP contribution >= 0.6 is 23.4 Å². The Balaban J connectivity index is 2.30. The molecular weight excluding hydrogens is 197 g/mol. The van der Waals surface area contributed by atoms with E-state index in [1.165, 1.54) is 4.42 Å². The Labute approximate surface area is 80.7 Å². The van der Waals surface area contributed by atoms with E-state index in [4.69, 9.17) is 23.4 Å². The monoisotopic (exact) mass is 203 g/mol. The highest BCUT2D eigenvalue weighted by molar-refractivity contribution is 6.27. The van der Waals surface area contributed by atoms with Gasteiger partial charge in [0.15, 0.2) is 5.84 Å². The number of fused-ring (bicyclic) bond motifs is 1. The van der Waals surface area contributed by atoms with Crippen LogP contribution in [0.15, 0.2) is 29.0 Å². The first-order chi connectivity index (χ1) is 5.83. The summed E-state index contributed by atoms with van der Waals surface area (Å²) in [7, 11) is 0. The van der Waals surface area contributed by atoms with Crippen molar-refractivity contribution in [3.8, 4) is 0 Å². The molecule has 0 N–H and O–H groups in total. The fraction of sp³-hybridized carbons (Fsp3) is 0.286. The zero-order valence-corrected chi connectivity index (χ0v) is 7.76. The third-order valence-electron chi connectivity index (χ3n) is 1.78. The van der Waals surface area contributed by atoms with Gasteiger partial charge in [-0.2, -0.15) is 0 Å². The lowest BCUT2D eigenvalue weighted by molar-refractivity contribution is 0.453. The number of amidine groups is 1. The smallest absolute Gasteiger partial charge is 0.168 e. The summed E-state index contributed by atoms with van der Waals surface area (Å²) in [4.78, 5) is 6.16. The molecule has 2 aliphatic rings. The molecular formula is C7H7Cl2N3. The summed E-state index contributed by atoms with van der Waals surface area (Å²) in [6.07, 6.45) is 5.57. The van der Waals surface area contributed by atoms with Crippen LogP contribution in [0.5, 0.6) is 0 Å². The zero-order chi connectivity index (χ0) is 8.55. The van der Waals surface area contributed by atoms with Gasteiger partial charge in [0.2, 0.25) is 0 Å². The van der Waals surface area contributed by atoms with Gasteiger partial charge >= 0.3 is 0 Å². The van der Waals surface area contributed by atoms with Gasteiger partial charge in [0, 0.05) is 18.0 Å². The predicted molar refractivity (Wildman–Crippen MR) is 49.8 cm³/mol. The standard InChI is InChI=1S/C7H7Cl2N3/c8-4-11-5-10-7-6(11)2-1-3-12(7)9/h1-3H,4-5H2. The van der Waals surface area contributed by atoms with E-state index in [2.05, 4.69) is 4.99 Å². The van der Waals surface area contributed by atoms with Crippen LogP contribution in [0, 0.1) is 0 Å². The molecule has 0 fully saturated rings. The predicted octanol–water partition coefficient (Wildman–Crippen LogP) is 1.72. The van der Waals surface area contributed by atoms with Crippen LogP contribution in [0.1, 0.15) is 0 Å². The number of halogens is 2. The van der Waals surface area contributed by atoms with E-state index in [1.807, 2.05) is 17.1 Å². The third-order valence-corrected chi connectivity index (χ3v) is 2.34. The van der Waals surface area contributed by atoms with Crippen LogP contribution in [-0.4, -0.2) is 27.8 Å². The van der Waals surface area contributed by atoms with Crippen molar-refractivity contribution >= 4 is 29.2 Å². The van der Waals surface area contributed by atoms with Gasteiger partial charge in [0.25, 0.3) is 0 Å². The molecule has 5 heteroatoms. The topological polar surface area (TPSA) is 18.8 Å². The Kier molecular flexibility index (Phi) is 1.98. The molecule has 2 heterocycles. The highest BCUT2D eigenvalue weighted by atomic mass is 35.5. The van der Waals surface area contributed by atoms with Gasteiger partial charge < -0.3 is 4.90 Å². The first-order valence-corrected chi connectivity index (χ1v) is 4.39. The molecule has 0 aliphatic carbocycles. The van der Waals surface area contributed by atoms with Crippen molar-refractivity contribution in [3.63, 3.8) is 0 Å². The average molecular weight is 204 g/mol. The summed E-state index contributed by atoms with van der Waals surface area (Å²) in [6, 6.07) is 0.442. The quantitative estimate of drug-likeness (QED) is 0.368. The van der Waals surface area contributed by atoms with Crippen molar-refractivity contribution < 1.29 is 0 Å². The molecule has 0 atom stereocenters. The molecule has 12 heavy (non-hydrogen) atoms. The maximum Gasteiger partial charge on any atom is 0.168 e. The maximum atomic E-state index is 5.85. The number of hydrogen-bond acceptors (Lipinski definition) is 3. The molecule has 0 aromatic heterocycles. The lowest BCUT2D eigenvalue weighted by Crippen LogP contribution is -2.26. The van der Waals surface area contributed by atoms with Crippen LogP contribution < -0.4 is 0 Å². The molecule has 2 rings (SSSR count). The molecule has 64 valence electrons. The Hall–Kier alpha value is -0.670. The number of alkyl halides is 1. The van der Waals surface area contributed by atoms with E-state index < -0.39 is 0 Å². The Morgan fingerprint density at radius 2 is 2.42 bits per heavy atom. The highest BCUT2D eigenvalue weighted by Gasteiger charge is 2.25. The van der Waals surface area contributed by atoms with E-state index in [0.29, 0.717) is 12.7 Å². The summed E-state index contributed by atoms with van der Waals surface area (Å²) in [5.74, 6) is 0.778. The SMILES string of the molecule is ClCN1CN=C2C1=CC=CN2Cl. The van der Waals surface area contributed by atoms with Crippen LogP contribution in [0.25, 0.3) is 0 Å². The summed E-state index contributed by atoms with van der Waals surface area (Å²) < 4.78 is 1.47. The average Bonchev–Trinajstić information content (AvgIpc) is 2.49. The first kappa shape index (κ1) is 7.95. The summed E-state index contributed by atoms with van der Waals surface area (Å²) in [6.45, 7) is 0.593. The van der Waals surface area contributed by atoms with Crippen LogP contribution in [0.4, 0.5) is 0 Å². The second-order valence-electron chi connectivity index (χ2n) is 2.49. The fourth-order valence-electron chi connectivity index (χ4n) is 1.19. The normalized spacial score (nSPS) is 20.8. The van der Waals surface area contributed by atoms with Gasteiger partial charge in [-0.25, -0.2) is 9.41 Å². The largest absolute Gasteiger partial charge is 0.335 e. The van der Waals surface area contributed by atoms with Gasteiger partial charge in [0.1, 0.15) is 6.67 Å². The Morgan fingerprint density at radius 1 is 1.58 bits per heavy atom. The molecule has 0 unspecified atom stereocenters. The number of nitrogens with zero attached hydrogens (tertiary/aromatic N) is 3. The molecule has 0 aromatic carbocycles. The Bertz CT molecular complexity index is 282. The molecule has 0 saturated heterocycles. The molecule has 0 spiro atoms. The van der Waals surface area contributed by atoms with Crippen LogP contribution in [0.2, 0.25) is 0 Å². The number of allylic oxidation sites excluding steroid dienone is 2. The molecule has 2 aliphatic heterocycles. The van der Waals surface area contributed by atoms with Crippen LogP contribution in [0.3, 0.4) is 0 Å². The van der Waals surface area contributed by atoms with Crippen molar-refractivity contribution in [2.45, 2.75) is 0 Å². The summed E-state index contributed by atoms with van der Waals surface area (Å²) in [5, 5.41) is 0. The second kappa shape index (κ2) is 2.99. The maximum absolute atomic E-state index is 5.85. The minimum Gasteiger partial charge on any atom is -0.335 e. The van der Waals surface area contributed by atoms with Gasteiger partial charge in [-0.05, 0) is 12.2 Å². The van der Waals surface area contributed by atoms with E-state index in [-0.39, 0.29) is 0 Å². The molecule has 0 radical (unpaired) electrons. The minimum absolute atomic E-state index is 0.442. The summed E-state index contributed by atoms with van der Waals surface area (Å²) in [5.41, 5.74) is 0.988. The van der Waals surface area contributed by atoms with Gasteiger partial charge in [-0.1, -0.05) is 0 Å². The Morgan fingerprint density at radius 3 is 3.17 bits per heavy atom. The third kappa shape index (κ3) is 1.09.